The molecule has 3 N–H and O–H groups in total. The van der Waals surface area contributed by atoms with Crippen LogP contribution >= 0.6 is 0 Å². The number of aromatic nitrogens is 3. The second kappa shape index (κ2) is 9.34. The van der Waals surface area contributed by atoms with Gasteiger partial charge in [-0.05, 0) is 47.9 Å². The van der Waals surface area contributed by atoms with Gasteiger partial charge in [0, 0.05) is 42.6 Å². The van der Waals surface area contributed by atoms with Crippen LogP contribution in [-0.2, 0) is 13.0 Å². The Kier molecular flexibility index (Phi) is 6.16. The van der Waals surface area contributed by atoms with Crippen molar-refractivity contribution in [3.8, 4) is 0 Å². The minimum absolute atomic E-state index is 0.0925. The van der Waals surface area contributed by atoms with Crippen LogP contribution in [0.2, 0.25) is 0 Å². The molecule has 2 aromatic carbocycles. The van der Waals surface area contributed by atoms with E-state index in [9.17, 15) is 18.4 Å². The van der Waals surface area contributed by atoms with Gasteiger partial charge < -0.3 is 15.6 Å². The van der Waals surface area contributed by atoms with Crippen LogP contribution in [0.25, 0.3) is 10.9 Å². The van der Waals surface area contributed by atoms with Crippen LogP contribution in [0.4, 0.5) is 8.78 Å². The molecule has 0 radical (unpaired) electrons. The molecule has 4 rings (SSSR count). The van der Waals surface area contributed by atoms with E-state index in [0.717, 1.165) is 10.9 Å². The summed E-state index contributed by atoms with van der Waals surface area (Å²) in [6, 6.07) is 10.2. The van der Waals surface area contributed by atoms with Crippen LogP contribution in [0.15, 0.2) is 61.1 Å². The van der Waals surface area contributed by atoms with Crippen molar-refractivity contribution in [2.24, 2.45) is 0 Å². The zero-order valence-electron chi connectivity index (χ0n) is 16.9. The first-order valence-corrected chi connectivity index (χ1v) is 9.88. The fourth-order valence-corrected chi connectivity index (χ4v) is 3.30. The number of benzene rings is 2. The van der Waals surface area contributed by atoms with Crippen LogP contribution in [0.5, 0.6) is 0 Å². The second-order valence-corrected chi connectivity index (χ2v) is 7.07. The molecule has 0 saturated heterocycles. The minimum atomic E-state index is -0.564. The number of rotatable bonds is 7. The molecule has 7 nitrogen and oxygen atoms in total. The lowest BCUT2D eigenvalue weighted by molar-refractivity contribution is 0.0910. The van der Waals surface area contributed by atoms with Gasteiger partial charge in [-0.1, -0.05) is 12.1 Å². The van der Waals surface area contributed by atoms with Crippen LogP contribution in [0.1, 0.15) is 32.1 Å². The monoisotopic (exact) mass is 435 g/mol. The number of fused-ring (bicyclic) bond motifs is 1. The summed E-state index contributed by atoms with van der Waals surface area (Å²) in [6.07, 6.45) is 4.94. The fraction of sp³-hybridized carbons (Fsp3) is 0.130. The molecular formula is C23H19F2N5O2. The molecule has 0 fully saturated rings. The molecule has 0 saturated carbocycles. The minimum Gasteiger partial charge on any atom is -0.361 e. The van der Waals surface area contributed by atoms with Crippen molar-refractivity contribution in [2.75, 3.05) is 6.54 Å². The maximum absolute atomic E-state index is 13.3. The first-order chi connectivity index (χ1) is 15.5. The summed E-state index contributed by atoms with van der Waals surface area (Å²) in [6.45, 7) is 0.439. The van der Waals surface area contributed by atoms with Gasteiger partial charge in [-0.15, -0.1) is 0 Å². The predicted molar refractivity (Wildman–Crippen MR) is 114 cm³/mol. The Morgan fingerprint density at radius 3 is 2.25 bits per heavy atom. The smallest absolute Gasteiger partial charge is 0.272 e. The van der Waals surface area contributed by atoms with Gasteiger partial charge in [0.05, 0.1) is 0 Å². The standard InChI is InChI=1S/C23H19F2N5O2/c24-16-3-1-14(2-4-16)12-30-23(32)21-20(26-9-10-27-21)22(31)28-8-7-15-13-29-19-11-17(25)5-6-18(15)19/h1-6,9-11,13,29H,7-8,12H2,(H,28,31)(H,30,32). The molecule has 2 amide bonds. The van der Waals surface area contributed by atoms with E-state index in [1.54, 1.807) is 24.4 Å². The van der Waals surface area contributed by atoms with E-state index in [1.165, 1.54) is 36.7 Å². The van der Waals surface area contributed by atoms with Crippen LogP contribution in [0.3, 0.4) is 0 Å². The van der Waals surface area contributed by atoms with E-state index < -0.39 is 11.8 Å². The Morgan fingerprint density at radius 2 is 1.53 bits per heavy atom. The van der Waals surface area contributed by atoms with Crippen LogP contribution in [0, 0.1) is 11.6 Å². The van der Waals surface area contributed by atoms with Crippen molar-refractivity contribution in [1.29, 1.82) is 0 Å². The van der Waals surface area contributed by atoms with E-state index in [0.29, 0.717) is 17.5 Å². The number of carbonyl (C=O) groups is 2. The average molecular weight is 435 g/mol. The maximum Gasteiger partial charge on any atom is 0.272 e. The predicted octanol–water partition coefficient (Wildman–Crippen LogP) is 3.14. The number of carbonyl (C=O) groups excluding carboxylic acids is 2. The normalized spacial score (nSPS) is 10.8. The topological polar surface area (TPSA) is 99.8 Å². The summed E-state index contributed by atoms with van der Waals surface area (Å²) >= 11 is 0. The molecule has 0 unspecified atom stereocenters. The summed E-state index contributed by atoms with van der Waals surface area (Å²) in [5, 5.41) is 6.27. The SMILES string of the molecule is O=C(NCCc1c[nH]c2cc(F)ccc12)c1nccnc1C(=O)NCc1ccc(F)cc1. The number of aromatic amines is 1. The van der Waals surface area contributed by atoms with Gasteiger partial charge in [0.15, 0.2) is 11.4 Å². The first-order valence-electron chi connectivity index (χ1n) is 9.88. The lowest BCUT2D eigenvalue weighted by atomic mass is 10.1. The van der Waals surface area contributed by atoms with E-state index >= 15 is 0 Å². The van der Waals surface area contributed by atoms with Crippen LogP contribution < -0.4 is 10.6 Å². The van der Waals surface area contributed by atoms with Crippen molar-refractivity contribution < 1.29 is 18.4 Å². The van der Waals surface area contributed by atoms with Crippen LogP contribution in [-0.4, -0.2) is 33.3 Å². The van der Waals surface area contributed by atoms with Crippen molar-refractivity contribution in [3.63, 3.8) is 0 Å². The van der Waals surface area contributed by atoms with Gasteiger partial charge in [-0.25, -0.2) is 18.7 Å². The third-order valence-electron chi connectivity index (χ3n) is 4.90. The van der Waals surface area contributed by atoms with E-state index in [2.05, 4.69) is 25.6 Å². The Bertz CT molecular complexity index is 1270. The average Bonchev–Trinajstić information content (AvgIpc) is 3.20. The van der Waals surface area contributed by atoms with E-state index in [-0.39, 0.29) is 36.1 Å². The lowest BCUT2D eigenvalue weighted by Gasteiger charge is -2.09. The number of nitrogens with zero attached hydrogens (tertiary/aromatic N) is 2. The Hall–Kier alpha value is -4.14. The zero-order valence-corrected chi connectivity index (χ0v) is 16.9. The molecule has 9 heteroatoms. The number of amides is 2. The lowest BCUT2D eigenvalue weighted by Crippen LogP contribution is -2.32. The highest BCUT2D eigenvalue weighted by molar-refractivity contribution is 6.04. The fourth-order valence-electron chi connectivity index (χ4n) is 3.30. The number of nitrogens with one attached hydrogen (secondary N) is 3. The third kappa shape index (κ3) is 4.77. The largest absolute Gasteiger partial charge is 0.361 e. The van der Waals surface area contributed by atoms with Gasteiger partial charge >= 0.3 is 0 Å². The number of hydrogen-bond acceptors (Lipinski definition) is 4. The Balaban J connectivity index is 1.38. The van der Waals surface area contributed by atoms with Crippen molar-refractivity contribution in [3.05, 3.63) is 95.2 Å². The molecule has 0 aliphatic heterocycles. The van der Waals surface area contributed by atoms with Gasteiger partial charge in [0.1, 0.15) is 11.6 Å². The summed E-state index contributed by atoms with van der Waals surface area (Å²) in [5.41, 5.74) is 2.12. The van der Waals surface area contributed by atoms with Gasteiger partial charge in [-0.3, -0.25) is 9.59 Å². The van der Waals surface area contributed by atoms with Gasteiger partial charge in [-0.2, -0.15) is 0 Å². The van der Waals surface area contributed by atoms with Crippen molar-refractivity contribution in [2.45, 2.75) is 13.0 Å². The van der Waals surface area contributed by atoms with Gasteiger partial charge in [0.2, 0.25) is 0 Å². The van der Waals surface area contributed by atoms with Gasteiger partial charge in [0.25, 0.3) is 11.8 Å². The maximum atomic E-state index is 13.3. The molecule has 0 aliphatic rings. The molecule has 32 heavy (non-hydrogen) atoms. The molecule has 2 aromatic heterocycles. The number of halogens is 2. The van der Waals surface area contributed by atoms with E-state index in [1.807, 2.05) is 0 Å². The first kappa shape index (κ1) is 21.1. The van der Waals surface area contributed by atoms with Crippen molar-refractivity contribution in [1.82, 2.24) is 25.6 Å². The zero-order chi connectivity index (χ0) is 22.5. The molecule has 0 spiro atoms. The summed E-state index contributed by atoms with van der Waals surface area (Å²) in [4.78, 5) is 36.2. The highest BCUT2D eigenvalue weighted by Crippen LogP contribution is 2.19. The molecule has 0 atom stereocenters. The quantitative estimate of drug-likeness (QED) is 0.415. The molecule has 162 valence electrons. The van der Waals surface area contributed by atoms with E-state index in [4.69, 9.17) is 0 Å². The Morgan fingerprint density at radius 1 is 0.875 bits per heavy atom. The van der Waals surface area contributed by atoms with Crippen molar-refractivity contribution >= 4 is 22.7 Å². The molecule has 0 bridgehead atoms. The number of H-pyrrole nitrogens is 1. The highest BCUT2D eigenvalue weighted by atomic mass is 19.1. The molecule has 4 aromatic rings. The number of hydrogen-bond donors (Lipinski definition) is 3. The summed E-state index contributed by atoms with van der Waals surface area (Å²) in [7, 11) is 0. The molecular weight excluding hydrogens is 416 g/mol. The highest BCUT2D eigenvalue weighted by Gasteiger charge is 2.20. The molecule has 2 heterocycles. The molecule has 0 aliphatic carbocycles. The summed E-state index contributed by atoms with van der Waals surface area (Å²) in [5.74, 6) is -1.79. The Labute approximate surface area is 181 Å². The summed E-state index contributed by atoms with van der Waals surface area (Å²) < 4.78 is 26.3. The second-order valence-electron chi connectivity index (χ2n) is 7.07. The third-order valence-corrected chi connectivity index (χ3v) is 4.90.